The van der Waals surface area contributed by atoms with Crippen LogP contribution >= 0.6 is 0 Å². The molecule has 1 N–H and O–H groups in total. The number of piperazine rings is 1. The highest BCUT2D eigenvalue weighted by molar-refractivity contribution is 5.94. The van der Waals surface area contributed by atoms with Crippen molar-refractivity contribution in [2.45, 2.75) is 32.7 Å². The van der Waals surface area contributed by atoms with Crippen molar-refractivity contribution < 1.29 is 4.79 Å². The monoisotopic (exact) mass is 345 g/mol. The van der Waals surface area contributed by atoms with Gasteiger partial charge in [0, 0.05) is 64.6 Å². The molecule has 0 atom stereocenters. The third-order valence-corrected chi connectivity index (χ3v) is 5.50. The van der Waals surface area contributed by atoms with Crippen LogP contribution in [-0.2, 0) is 0 Å². The topological polar surface area (TPSA) is 51.7 Å². The van der Waals surface area contributed by atoms with E-state index in [1.807, 2.05) is 30.9 Å². The lowest BCUT2D eigenvalue weighted by Crippen LogP contribution is -2.52. The van der Waals surface area contributed by atoms with E-state index in [-0.39, 0.29) is 5.91 Å². The summed E-state index contributed by atoms with van der Waals surface area (Å²) in [5.41, 5.74) is 0.683. The number of aromatic nitrogens is 1. The predicted molar refractivity (Wildman–Crippen MR) is 101 cm³/mol. The van der Waals surface area contributed by atoms with Crippen LogP contribution in [0.1, 0.15) is 37.0 Å². The minimum absolute atomic E-state index is 0.0708. The van der Waals surface area contributed by atoms with Gasteiger partial charge in [0.2, 0.25) is 0 Å². The molecule has 3 rings (SSSR count). The Kier molecular flexibility index (Phi) is 6.26. The number of piperidine rings is 1. The molecule has 6 nitrogen and oxygen atoms in total. The van der Waals surface area contributed by atoms with E-state index in [1.165, 1.54) is 25.9 Å². The number of hydrogen-bond acceptors (Lipinski definition) is 5. The molecule has 0 unspecified atom stereocenters. The van der Waals surface area contributed by atoms with Crippen LogP contribution in [0.3, 0.4) is 0 Å². The number of nitrogens with one attached hydrogen (secondary N) is 1. The average molecular weight is 345 g/mol. The second-order valence-electron chi connectivity index (χ2n) is 6.89. The molecular formula is C19H31N5O. The molecule has 0 aliphatic carbocycles. The first kappa shape index (κ1) is 18.1. The van der Waals surface area contributed by atoms with Crippen LogP contribution in [-0.4, -0.2) is 79.1 Å². The molecule has 138 valence electrons. The standard InChI is InChI=1S/C19H31N5O/c1-3-22(4-2)19(25)16-5-6-18(21-15-16)24-11-7-17(8-12-24)23-13-9-20-10-14-23/h5-6,15,17,20H,3-4,7-14H2,1-2H3. The highest BCUT2D eigenvalue weighted by Crippen LogP contribution is 2.21. The molecular weight excluding hydrogens is 314 g/mol. The fourth-order valence-corrected chi connectivity index (χ4v) is 3.90. The molecule has 25 heavy (non-hydrogen) atoms. The lowest BCUT2D eigenvalue weighted by atomic mass is 10.0. The molecule has 2 aliphatic rings. The Hall–Kier alpha value is -1.66. The molecule has 0 saturated carbocycles. The van der Waals surface area contributed by atoms with Gasteiger partial charge < -0.3 is 15.1 Å². The number of nitrogens with zero attached hydrogens (tertiary/aromatic N) is 4. The van der Waals surface area contributed by atoms with E-state index in [0.717, 1.165) is 45.1 Å². The molecule has 3 heterocycles. The second kappa shape index (κ2) is 8.63. The molecule has 1 amide bonds. The summed E-state index contributed by atoms with van der Waals surface area (Å²) in [7, 11) is 0. The molecule has 0 spiro atoms. The van der Waals surface area contributed by atoms with Gasteiger partial charge in [-0.1, -0.05) is 0 Å². The third kappa shape index (κ3) is 4.30. The maximum Gasteiger partial charge on any atom is 0.255 e. The summed E-state index contributed by atoms with van der Waals surface area (Å²) in [6.07, 6.45) is 4.13. The van der Waals surface area contributed by atoms with Crippen LogP contribution in [0.4, 0.5) is 5.82 Å². The summed E-state index contributed by atoms with van der Waals surface area (Å²) < 4.78 is 0. The van der Waals surface area contributed by atoms with E-state index in [1.54, 1.807) is 6.20 Å². The van der Waals surface area contributed by atoms with Crippen molar-refractivity contribution in [1.29, 1.82) is 0 Å². The van der Waals surface area contributed by atoms with Crippen molar-refractivity contribution in [3.8, 4) is 0 Å². The molecule has 0 aromatic carbocycles. The van der Waals surface area contributed by atoms with E-state index >= 15 is 0 Å². The quantitative estimate of drug-likeness (QED) is 0.875. The molecule has 2 aliphatic heterocycles. The Morgan fingerprint density at radius 3 is 2.40 bits per heavy atom. The summed E-state index contributed by atoms with van der Waals surface area (Å²) in [5.74, 6) is 1.07. The van der Waals surface area contributed by atoms with Crippen molar-refractivity contribution in [3.05, 3.63) is 23.9 Å². The number of carbonyl (C=O) groups excluding carboxylic acids is 1. The molecule has 2 fully saturated rings. The van der Waals surface area contributed by atoms with Gasteiger partial charge in [0.05, 0.1) is 5.56 Å². The SMILES string of the molecule is CCN(CC)C(=O)c1ccc(N2CCC(N3CCNCC3)CC2)nc1. The number of anilines is 1. The van der Waals surface area contributed by atoms with Gasteiger partial charge in [0.25, 0.3) is 5.91 Å². The second-order valence-corrected chi connectivity index (χ2v) is 6.89. The first-order valence-electron chi connectivity index (χ1n) is 9.68. The van der Waals surface area contributed by atoms with Gasteiger partial charge in [-0.15, -0.1) is 0 Å². The highest BCUT2D eigenvalue weighted by Gasteiger charge is 2.26. The van der Waals surface area contributed by atoms with Crippen molar-refractivity contribution in [3.63, 3.8) is 0 Å². The van der Waals surface area contributed by atoms with E-state index in [4.69, 9.17) is 0 Å². The van der Waals surface area contributed by atoms with Gasteiger partial charge >= 0.3 is 0 Å². The lowest BCUT2D eigenvalue weighted by Gasteiger charge is -2.40. The Morgan fingerprint density at radius 1 is 1.16 bits per heavy atom. The van der Waals surface area contributed by atoms with Crippen LogP contribution in [0.25, 0.3) is 0 Å². The normalized spacial score (nSPS) is 19.8. The zero-order valence-electron chi connectivity index (χ0n) is 15.6. The number of rotatable bonds is 5. The van der Waals surface area contributed by atoms with Gasteiger partial charge in [0.15, 0.2) is 0 Å². The largest absolute Gasteiger partial charge is 0.357 e. The van der Waals surface area contributed by atoms with Gasteiger partial charge in [-0.25, -0.2) is 4.98 Å². The molecule has 1 aromatic rings. The van der Waals surface area contributed by atoms with E-state index in [0.29, 0.717) is 11.6 Å². The molecule has 0 radical (unpaired) electrons. The Balaban J connectivity index is 1.55. The smallest absolute Gasteiger partial charge is 0.255 e. The zero-order chi connectivity index (χ0) is 17.6. The van der Waals surface area contributed by atoms with Crippen molar-refractivity contribution >= 4 is 11.7 Å². The van der Waals surface area contributed by atoms with Crippen LogP contribution in [0.2, 0.25) is 0 Å². The van der Waals surface area contributed by atoms with E-state index < -0.39 is 0 Å². The molecule has 6 heteroatoms. The Labute approximate surface area is 151 Å². The fourth-order valence-electron chi connectivity index (χ4n) is 3.90. The van der Waals surface area contributed by atoms with Crippen LogP contribution in [0, 0.1) is 0 Å². The number of pyridine rings is 1. The van der Waals surface area contributed by atoms with Gasteiger partial charge in [-0.05, 0) is 38.8 Å². The van der Waals surface area contributed by atoms with Gasteiger partial charge in [-0.3, -0.25) is 9.69 Å². The molecule has 1 aromatic heterocycles. The van der Waals surface area contributed by atoms with E-state index in [2.05, 4.69) is 20.1 Å². The van der Waals surface area contributed by atoms with Crippen LogP contribution in [0.5, 0.6) is 0 Å². The summed E-state index contributed by atoms with van der Waals surface area (Å²) in [4.78, 5) is 23.8. The summed E-state index contributed by atoms with van der Waals surface area (Å²) in [5, 5.41) is 3.43. The van der Waals surface area contributed by atoms with Crippen LogP contribution < -0.4 is 10.2 Å². The fraction of sp³-hybridized carbons (Fsp3) is 0.684. The average Bonchev–Trinajstić information content (AvgIpc) is 2.70. The minimum Gasteiger partial charge on any atom is -0.357 e. The van der Waals surface area contributed by atoms with Crippen molar-refractivity contribution in [2.75, 3.05) is 57.3 Å². The minimum atomic E-state index is 0.0708. The zero-order valence-corrected chi connectivity index (χ0v) is 15.6. The highest BCUT2D eigenvalue weighted by atomic mass is 16.2. The number of hydrogen-bond donors (Lipinski definition) is 1. The number of carbonyl (C=O) groups is 1. The van der Waals surface area contributed by atoms with Gasteiger partial charge in [-0.2, -0.15) is 0 Å². The lowest BCUT2D eigenvalue weighted by molar-refractivity contribution is 0.0772. The molecule has 0 bridgehead atoms. The predicted octanol–water partition coefficient (Wildman–Crippen LogP) is 1.44. The number of amides is 1. The van der Waals surface area contributed by atoms with Gasteiger partial charge in [0.1, 0.15) is 5.82 Å². The first-order valence-corrected chi connectivity index (χ1v) is 9.68. The Morgan fingerprint density at radius 2 is 1.84 bits per heavy atom. The summed E-state index contributed by atoms with van der Waals surface area (Å²) in [6.45, 7) is 12.1. The first-order chi connectivity index (χ1) is 12.2. The Bertz CT molecular complexity index is 543. The van der Waals surface area contributed by atoms with Crippen molar-refractivity contribution in [1.82, 2.24) is 20.1 Å². The summed E-state index contributed by atoms with van der Waals surface area (Å²) in [6, 6.07) is 4.63. The maximum absolute atomic E-state index is 12.4. The maximum atomic E-state index is 12.4. The van der Waals surface area contributed by atoms with Crippen LogP contribution in [0.15, 0.2) is 18.3 Å². The van der Waals surface area contributed by atoms with E-state index in [9.17, 15) is 4.79 Å². The van der Waals surface area contributed by atoms with Crippen molar-refractivity contribution in [2.24, 2.45) is 0 Å². The summed E-state index contributed by atoms with van der Waals surface area (Å²) >= 11 is 0. The molecule has 2 saturated heterocycles. The third-order valence-electron chi connectivity index (χ3n) is 5.50.